The molecule has 0 saturated heterocycles. The zero-order valence-electron chi connectivity index (χ0n) is 25.7. The highest BCUT2D eigenvalue weighted by atomic mass is 16.7. The molecule has 0 saturated carbocycles. The van der Waals surface area contributed by atoms with Crippen molar-refractivity contribution in [1.29, 1.82) is 0 Å². The molecule has 0 aromatic heterocycles. The molecule has 2 aliphatic rings. The molecule has 10 nitrogen and oxygen atoms in total. The molecule has 234 valence electrons. The molecular weight excluding hydrogens is 572 g/mol. The molecule has 2 aliphatic heterocycles. The molecule has 0 fully saturated rings. The smallest absolute Gasteiger partial charge is 0.323 e. The molecule has 45 heavy (non-hydrogen) atoms. The van der Waals surface area contributed by atoms with Gasteiger partial charge in [-0.05, 0) is 55.3 Å². The number of carbonyl (C=O) groups is 2. The zero-order valence-corrected chi connectivity index (χ0v) is 25.7. The lowest BCUT2D eigenvalue weighted by Gasteiger charge is -2.38. The van der Waals surface area contributed by atoms with Gasteiger partial charge in [-0.1, -0.05) is 55.5 Å². The van der Waals surface area contributed by atoms with E-state index in [9.17, 15) is 14.7 Å². The standard InChI is InChI=1S/C35H38N4O6/c1-22-17-39(23(2)20-40)34(41)27-11-7-13-29(37-35(42)36-28-12-6-9-25-8-4-5-10-26(25)28)33(27)45-32(22)19-38(3)18-24-14-15-30-31(16-24)44-21-43-30/h4-16,22-23,32,40H,17-21H2,1-3H3,(H2,36,37,42)/t22-,23+,32-/m0/s1. The zero-order chi connectivity index (χ0) is 31.5. The topological polar surface area (TPSA) is 113 Å². The van der Waals surface area contributed by atoms with Crippen molar-refractivity contribution >= 4 is 34.1 Å². The van der Waals surface area contributed by atoms with E-state index in [0.29, 0.717) is 42.3 Å². The predicted molar refractivity (Wildman–Crippen MR) is 173 cm³/mol. The fraction of sp³-hybridized carbons (Fsp3) is 0.314. The molecular formula is C35H38N4O6. The Bertz CT molecular complexity index is 1710. The Hall–Kier alpha value is -4.80. The molecule has 4 aromatic rings. The predicted octanol–water partition coefficient (Wildman–Crippen LogP) is 5.56. The van der Waals surface area contributed by atoms with Crippen LogP contribution in [0.5, 0.6) is 17.2 Å². The quantitative estimate of drug-likeness (QED) is 0.239. The normalized spacial score (nSPS) is 18.2. The van der Waals surface area contributed by atoms with Gasteiger partial charge in [-0.2, -0.15) is 0 Å². The van der Waals surface area contributed by atoms with Gasteiger partial charge in [0.1, 0.15) is 6.10 Å². The number of nitrogens with one attached hydrogen (secondary N) is 2. The number of likely N-dealkylation sites (N-methyl/N-ethyl adjacent to an activating group) is 1. The highest BCUT2D eigenvalue weighted by Gasteiger charge is 2.34. The summed E-state index contributed by atoms with van der Waals surface area (Å²) in [6.45, 7) is 5.50. The van der Waals surface area contributed by atoms with Crippen molar-refractivity contribution in [1.82, 2.24) is 9.80 Å². The Balaban J connectivity index is 1.27. The van der Waals surface area contributed by atoms with Gasteiger partial charge in [0.15, 0.2) is 17.2 Å². The third-order valence-corrected chi connectivity index (χ3v) is 8.36. The lowest BCUT2D eigenvalue weighted by molar-refractivity contribution is 0.0343. The van der Waals surface area contributed by atoms with E-state index in [-0.39, 0.29) is 31.3 Å². The molecule has 10 heteroatoms. The van der Waals surface area contributed by atoms with Crippen LogP contribution >= 0.6 is 0 Å². The van der Waals surface area contributed by atoms with Gasteiger partial charge in [-0.25, -0.2) is 4.79 Å². The highest BCUT2D eigenvalue weighted by molar-refractivity contribution is 6.08. The van der Waals surface area contributed by atoms with Gasteiger partial charge in [-0.15, -0.1) is 0 Å². The van der Waals surface area contributed by atoms with Crippen LogP contribution in [-0.2, 0) is 6.54 Å². The monoisotopic (exact) mass is 610 g/mol. The lowest BCUT2D eigenvalue weighted by atomic mass is 9.98. The van der Waals surface area contributed by atoms with Crippen LogP contribution in [0.25, 0.3) is 10.8 Å². The number of aliphatic hydroxyl groups is 1. The fourth-order valence-corrected chi connectivity index (χ4v) is 5.89. The minimum atomic E-state index is -0.456. The summed E-state index contributed by atoms with van der Waals surface area (Å²) >= 11 is 0. The van der Waals surface area contributed by atoms with E-state index in [1.54, 1.807) is 23.1 Å². The van der Waals surface area contributed by atoms with Gasteiger partial charge in [0, 0.05) is 30.9 Å². The van der Waals surface area contributed by atoms with Gasteiger partial charge >= 0.3 is 6.03 Å². The first-order valence-corrected chi connectivity index (χ1v) is 15.1. The molecule has 2 heterocycles. The van der Waals surface area contributed by atoms with E-state index in [0.717, 1.165) is 27.8 Å². The summed E-state index contributed by atoms with van der Waals surface area (Å²) in [5, 5.41) is 17.8. The Morgan fingerprint density at radius 3 is 2.58 bits per heavy atom. The van der Waals surface area contributed by atoms with E-state index >= 15 is 0 Å². The number of ether oxygens (including phenoxy) is 3. The molecule has 3 N–H and O–H groups in total. The second-order valence-electron chi connectivity index (χ2n) is 11.8. The van der Waals surface area contributed by atoms with Gasteiger partial charge in [0.2, 0.25) is 6.79 Å². The molecule has 3 amide bonds. The number of rotatable bonds is 8. The maximum atomic E-state index is 13.8. The molecule has 0 aliphatic carbocycles. The highest BCUT2D eigenvalue weighted by Crippen LogP contribution is 2.36. The van der Waals surface area contributed by atoms with Gasteiger partial charge in [0.05, 0.1) is 29.6 Å². The van der Waals surface area contributed by atoms with Crippen LogP contribution < -0.4 is 24.8 Å². The molecule has 4 aromatic carbocycles. The second-order valence-corrected chi connectivity index (χ2v) is 11.8. The largest absolute Gasteiger partial charge is 0.486 e. The number of nitrogens with zero attached hydrogens (tertiary/aromatic N) is 2. The minimum Gasteiger partial charge on any atom is -0.486 e. The van der Waals surface area contributed by atoms with E-state index in [2.05, 4.69) is 15.5 Å². The summed E-state index contributed by atoms with van der Waals surface area (Å²) in [5.41, 5.74) is 2.45. The third kappa shape index (κ3) is 6.52. The van der Waals surface area contributed by atoms with Crippen molar-refractivity contribution < 1.29 is 28.9 Å². The van der Waals surface area contributed by atoms with Gasteiger partial charge in [-0.3, -0.25) is 9.69 Å². The Labute approximate surface area is 262 Å². The van der Waals surface area contributed by atoms with Crippen molar-refractivity contribution in [3.05, 3.63) is 90.0 Å². The summed E-state index contributed by atoms with van der Waals surface area (Å²) in [5.74, 6) is 1.42. The number of amides is 3. The number of hydrogen-bond donors (Lipinski definition) is 3. The number of benzene rings is 4. The number of urea groups is 1. The van der Waals surface area contributed by atoms with Crippen LogP contribution in [0.2, 0.25) is 0 Å². The number of fused-ring (bicyclic) bond motifs is 3. The van der Waals surface area contributed by atoms with Crippen LogP contribution in [0.15, 0.2) is 78.9 Å². The summed E-state index contributed by atoms with van der Waals surface area (Å²) < 4.78 is 17.7. The minimum absolute atomic E-state index is 0.0899. The van der Waals surface area contributed by atoms with Crippen LogP contribution in [0.3, 0.4) is 0 Å². The summed E-state index contributed by atoms with van der Waals surface area (Å²) in [6.07, 6.45) is -0.340. The van der Waals surface area contributed by atoms with Crippen molar-refractivity contribution in [2.24, 2.45) is 5.92 Å². The second kappa shape index (κ2) is 13.1. The number of carbonyl (C=O) groups excluding carboxylic acids is 2. The van der Waals surface area contributed by atoms with Crippen LogP contribution in [0, 0.1) is 5.92 Å². The third-order valence-electron chi connectivity index (χ3n) is 8.36. The number of hydrogen-bond acceptors (Lipinski definition) is 7. The Morgan fingerprint density at radius 1 is 1.00 bits per heavy atom. The number of para-hydroxylation sites is 1. The first kappa shape index (κ1) is 30.2. The SMILES string of the molecule is C[C@H](CO)N1C[C@H](C)[C@H](CN(C)Cc2ccc3c(c2)OCO3)Oc2c(NC(=O)Nc3cccc4ccccc34)cccc2C1=O. The first-order chi connectivity index (χ1) is 21.8. The van der Waals surface area contributed by atoms with E-state index in [1.165, 1.54) is 0 Å². The summed E-state index contributed by atoms with van der Waals surface area (Å²) in [7, 11) is 2.02. The molecule has 3 atom stereocenters. The molecule has 0 spiro atoms. The lowest BCUT2D eigenvalue weighted by Crippen LogP contribution is -2.49. The maximum Gasteiger partial charge on any atom is 0.323 e. The van der Waals surface area contributed by atoms with E-state index in [4.69, 9.17) is 14.2 Å². The fourth-order valence-electron chi connectivity index (χ4n) is 5.89. The van der Waals surface area contributed by atoms with Crippen LogP contribution in [0.4, 0.5) is 16.2 Å². The molecule has 6 rings (SSSR count). The Kier molecular flexibility index (Phi) is 8.77. The summed E-state index contributed by atoms with van der Waals surface area (Å²) in [6, 6.07) is 23.8. The van der Waals surface area contributed by atoms with Gasteiger partial charge < -0.3 is 34.9 Å². The Morgan fingerprint density at radius 2 is 1.73 bits per heavy atom. The van der Waals surface area contributed by atoms with Gasteiger partial charge in [0.25, 0.3) is 5.91 Å². The van der Waals surface area contributed by atoms with Crippen LogP contribution in [0.1, 0.15) is 29.8 Å². The first-order valence-electron chi connectivity index (χ1n) is 15.1. The molecule has 0 radical (unpaired) electrons. The van der Waals surface area contributed by atoms with E-state index in [1.807, 2.05) is 81.6 Å². The van der Waals surface area contributed by atoms with Crippen molar-refractivity contribution in [3.63, 3.8) is 0 Å². The average molecular weight is 611 g/mol. The molecule has 0 bridgehead atoms. The van der Waals surface area contributed by atoms with Crippen molar-refractivity contribution in [2.75, 3.05) is 44.2 Å². The number of anilines is 2. The average Bonchev–Trinajstić information content (AvgIpc) is 3.51. The molecule has 0 unspecified atom stereocenters. The number of aliphatic hydroxyl groups excluding tert-OH is 1. The van der Waals surface area contributed by atoms with E-state index < -0.39 is 12.1 Å². The van der Waals surface area contributed by atoms with Crippen molar-refractivity contribution in [2.45, 2.75) is 32.5 Å². The van der Waals surface area contributed by atoms with Crippen LogP contribution in [-0.4, -0.2) is 72.5 Å². The van der Waals surface area contributed by atoms with Crippen molar-refractivity contribution in [3.8, 4) is 17.2 Å². The summed E-state index contributed by atoms with van der Waals surface area (Å²) in [4.78, 5) is 31.0. The maximum absolute atomic E-state index is 13.8.